The maximum atomic E-state index is 6.60. The van der Waals surface area contributed by atoms with Crippen molar-refractivity contribution in [2.45, 2.75) is 52.4 Å². The molecule has 6 aromatic carbocycles. The van der Waals surface area contributed by atoms with Crippen LogP contribution in [0.15, 0.2) is 146 Å². The van der Waals surface area contributed by atoms with E-state index in [9.17, 15) is 0 Å². The molecule has 0 amide bonds. The van der Waals surface area contributed by atoms with E-state index < -0.39 is 0 Å². The number of hydrogen-bond acceptors (Lipinski definition) is 4. The minimum Gasteiger partial charge on any atom is -0.509 e. The summed E-state index contributed by atoms with van der Waals surface area (Å²) in [6, 6.07) is 56.1. The van der Waals surface area contributed by atoms with Crippen molar-refractivity contribution in [1.29, 1.82) is 0 Å². The van der Waals surface area contributed by atoms with Crippen molar-refractivity contribution in [2.75, 3.05) is 9.80 Å². The first-order valence-electron chi connectivity index (χ1n) is 18.9. The summed E-state index contributed by atoms with van der Waals surface area (Å²) in [7, 11) is 0. The zero-order valence-electron chi connectivity index (χ0n) is 32.4. The van der Waals surface area contributed by atoms with Gasteiger partial charge in [0.05, 0.1) is 0 Å². The summed E-state index contributed by atoms with van der Waals surface area (Å²) in [6.07, 6.45) is 1.90. The van der Waals surface area contributed by atoms with E-state index in [0.717, 1.165) is 55.9 Å². The van der Waals surface area contributed by atoms with Gasteiger partial charge in [0.25, 0.3) is 0 Å². The first kappa shape index (κ1) is 37.3. The molecule has 0 unspecified atom stereocenters. The van der Waals surface area contributed by atoms with Gasteiger partial charge in [-0.25, -0.2) is 4.98 Å². The van der Waals surface area contributed by atoms with Crippen molar-refractivity contribution in [2.24, 2.45) is 0 Å². The van der Waals surface area contributed by atoms with Gasteiger partial charge in [0.1, 0.15) is 5.82 Å². The average Bonchev–Trinajstić information content (AvgIpc) is 3.73. The van der Waals surface area contributed by atoms with Gasteiger partial charge in [0.15, 0.2) is 0 Å². The SMILES string of the molecule is CC(C)(C)c1cccc(N2[CH-]N(c3[c-]c(Oc4[c-]c5c(cc4)c4ccccc4n5-c4cc(C(C)(C)C)ccn4)ccc3)c3cc(-c4ccccc4)ccc32)c1.[Pt]. The van der Waals surface area contributed by atoms with Crippen LogP contribution in [0.2, 0.25) is 0 Å². The molecule has 0 spiro atoms. The topological polar surface area (TPSA) is 33.5 Å². The van der Waals surface area contributed by atoms with Crippen molar-refractivity contribution in [3.8, 4) is 28.4 Å². The summed E-state index contributed by atoms with van der Waals surface area (Å²) < 4.78 is 8.79. The van der Waals surface area contributed by atoms with Crippen molar-refractivity contribution >= 4 is 44.6 Å². The molecule has 5 nitrogen and oxygen atoms in total. The van der Waals surface area contributed by atoms with Gasteiger partial charge < -0.3 is 19.1 Å². The van der Waals surface area contributed by atoms with Crippen LogP contribution in [0.5, 0.6) is 11.5 Å². The molecule has 9 rings (SSSR count). The Morgan fingerprint density at radius 3 is 2.11 bits per heavy atom. The number of nitrogens with zero attached hydrogens (tertiary/aromatic N) is 4. The Hall–Kier alpha value is -5.64. The Balaban J connectivity index is 0.00000441. The summed E-state index contributed by atoms with van der Waals surface area (Å²) >= 11 is 0. The van der Waals surface area contributed by atoms with Crippen LogP contribution < -0.4 is 14.5 Å². The molecule has 0 N–H and O–H groups in total. The molecular formula is C50H43N4OPt-3. The van der Waals surface area contributed by atoms with Crippen molar-refractivity contribution in [3.63, 3.8) is 0 Å². The van der Waals surface area contributed by atoms with Gasteiger partial charge in [-0.15, -0.1) is 48.1 Å². The molecule has 0 saturated heterocycles. The largest absolute Gasteiger partial charge is 0.509 e. The standard InChI is InChI=1S/C50H43N4O.Pt/c1-49(2,3)36-16-12-17-38(29-36)52-33-53(47-28-35(22-25-45(47)52)34-14-8-7-9-15-34)39-18-13-19-40(31-39)55-41-23-24-43-42-20-10-11-21-44(42)54(46(43)32-41)48-30-37(26-27-51-48)50(4,5)6;/h7-30,33H,1-6H3;/q-3;. The molecule has 282 valence electrons. The summed E-state index contributed by atoms with van der Waals surface area (Å²) in [5.74, 6) is 2.07. The van der Waals surface area contributed by atoms with Crippen LogP contribution >= 0.6 is 0 Å². The Bertz CT molecular complexity index is 2700. The summed E-state index contributed by atoms with van der Waals surface area (Å²) in [6.45, 7) is 15.6. The molecule has 0 atom stereocenters. The van der Waals surface area contributed by atoms with Crippen LogP contribution in [-0.2, 0) is 31.9 Å². The number of para-hydroxylation sites is 1. The predicted molar refractivity (Wildman–Crippen MR) is 227 cm³/mol. The summed E-state index contributed by atoms with van der Waals surface area (Å²) in [5.41, 5.74) is 11.0. The van der Waals surface area contributed by atoms with E-state index in [1.807, 2.05) is 24.4 Å². The molecular weight excluding hydrogens is 868 g/mol. The number of rotatable bonds is 6. The molecule has 8 aromatic rings. The Labute approximate surface area is 344 Å². The van der Waals surface area contributed by atoms with Crippen LogP contribution in [0.1, 0.15) is 52.7 Å². The van der Waals surface area contributed by atoms with E-state index in [2.05, 4.69) is 196 Å². The van der Waals surface area contributed by atoms with Crippen molar-refractivity contribution in [1.82, 2.24) is 9.55 Å². The Kier molecular flexibility index (Phi) is 9.63. The number of aromatic nitrogens is 2. The second-order valence-corrected chi connectivity index (χ2v) is 16.3. The Morgan fingerprint density at radius 1 is 0.571 bits per heavy atom. The van der Waals surface area contributed by atoms with E-state index >= 15 is 0 Å². The normalized spacial score (nSPS) is 12.9. The molecule has 3 heterocycles. The predicted octanol–water partition coefficient (Wildman–Crippen LogP) is 13.2. The molecule has 0 bridgehead atoms. The van der Waals surface area contributed by atoms with E-state index in [1.165, 1.54) is 16.7 Å². The number of ether oxygens (including phenoxy) is 1. The number of hydrogen-bond donors (Lipinski definition) is 0. The van der Waals surface area contributed by atoms with Crippen LogP contribution in [0.4, 0.5) is 22.7 Å². The minimum absolute atomic E-state index is 0. The van der Waals surface area contributed by atoms with Gasteiger partial charge in [-0.3, -0.25) is 0 Å². The maximum Gasteiger partial charge on any atom is 0.135 e. The van der Waals surface area contributed by atoms with Crippen molar-refractivity contribution in [3.05, 3.63) is 176 Å². The fourth-order valence-corrected chi connectivity index (χ4v) is 7.42. The third-order valence-electron chi connectivity index (χ3n) is 10.5. The fraction of sp³-hybridized carbons (Fsp3) is 0.160. The number of anilines is 4. The van der Waals surface area contributed by atoms with E-state index in [4.69, 9.17) is 9.72 Å². The van der Waals surface area contributed by atoms with E-state index in [1.54, 1.807) is 0 Å². The first-order chi connectivity index (χ1) is 26.5. The minimum atomic E-state index is -0.0147. The van der Waals surface area contributed by atoms with Gasteiger partial charge in [0, 0.05) is 61.3 Å². The second kappa shape index (κ2) is 14.5. The van der Waals surface area contributed by atoms with Gasteiger partial charge in [-0.05, 0) is 80.9 Å². The quantitative estimate of drug-likeness (QED) is 0.156. The number of benzene rings is 6. The van der Waals surface area contributed by atoms with Gasteiger partial charge >= 0.3 is 0 Å². The van der Waals surface area contributed by atoms with E-state index in [0.29, 0.717) is 11.5 Å². The van der Waals surface area contributed by atoms with Crippen LogP contribution in [0.3, 0.4) is 0 Å². The fourth-order valence-electron chi connectivity index (χ4n) is 7.42. The first-order valence-corrected chi connectivity index (χ1v) is 18.9. The molecule has 1 aliphatic heterocycles. The van der Waals surface area contributed by atoms with E-state index in [-0.39, 0.29) is 31.9 Å². The van der Waals surface area contributed by atoms with Crippen LogP contribution in [-0.4, -0.2) is 9.55 Å². The molecule has 1 aliphatic rings. The van der Waals surface area contributed by atoms with Crippen LogP contribution in [0, 0.1) is 18.8 Å². The third-order valence-corrected chi connectivity index (χ3v) is 10.5. The zero-order valence-corrected chi connectivity index (χ0v) is 34.7. The number of pyridine rings is 1. The molecule has 0 saturated carbocycles. The monoisotopic (exact) mass is 910 g/mol. The molecule has 6 heteroatoms. The number of fused-ring (bicyclic) bond motifs is 4. The second-order valence-electron chi connectivity index (χ2n) is 16.3. The molecule has 2 aromatic heterocycles. The Morgan fingerprint density at radius 2 is 1.30 bits per heavy atom. The zero-order chi connectivity index (χ0) is 37.9. The molecule has 0 aliphatic carbocycles. The average molecular weight is 911 g/mol. The van der Waals surface area contributed by atoms with Crippen LogP contribution in [0.25, 0.3) is 38.8 Å². The molecule has 0 fully saturated rings. The van der Waals surface area contributed by atoms with Gasteiger partial charge in [-0.1, -0.05) is 114 Å². The smallest absolute Gasteiger partial charge is 0.135 e. The third kappa shape index (κ3) is 6.90. The maximum absolute atomic E-state index is 6.60. The van der Waals surface area contributed by atoms with Gasteiger partial charge in [-0.2, -0.15) is 12.1 Å². The summed E-state index contributed by atoms with van der Waals surface area (Å²) in [4.78, 5) is 9.31. The van der Waals surface area contributed by atoms with Crippen molar-refractivity contribution < 1.29 is 25.8 Å². The summed E-state index contributed by atoms with van der Waals surface area (Å²) in [5, 5.41) is 2.24. The molecule has 56 heavy (non-hydrogen) atoms. The molecule has 0 radical (unpaired) electrons. The van der Waals surface area contributed by atoms with Gasteiger partial charge in [0.2, 0.25) is 0 Å².